The van der Waals surface area contributed by atoms with E-state index in [9.17, 15) is 4.79 Å². The van der Waals surface area contributed by atoms with Gasteiger partial charge in [0.05, 0.1) is 0 Å². The van der Waals surface area contributed by atoms with Crippen molar-refractivity contribution < 1.29 is 9.53 Å². The van der Waals surface area contributed by atoms with Crippen molar-refractivity contribution in [3.63, 3.8) is 0 Å². The largest absolute Gasteiger partial charge is 0.381 e. The monoisotopic (exact) mass is 240 g/mol. The van der Waals surface area contributed by atoms with Crippen LogP contribution in [0, 0.1) is 5.92 Å². The Bertz CT molecular complexity index is 244. The van der Waals surface area contributed by atoms with Gasteiger partial charge in [-0.3, -0.25) is 4.79 Å². The van der Waals surface area contributed by atoms with Gasteiger partial charge in [0.15, 0.2) is 0 Å². The zero-order valence-electron chi connectivity index (χ0n) is 10.8. The third-order valence-electron chi connectivity index (χ3n) is 4.01. The maximum atomic E-state index is 12.4. The van der Waals surface area contributed by atoms with Gasteiger partial charge in [0.2, 0.25) is 5.91 Å². The summed E-state index contributed by atoms with van der Waals surface area (Å²) in [4.78, 5) is 14.4. The van der Waals surface area contributed by atoms with Crippen molar-refractivity contribution in [3.8, 4) is 0 Å². The van der Waals surface area contributed by atoms with Gasteiger partial charge in [-0.05, 0) is 45.2 Å². The van der Waals surface area contributed by atoms with Gasteiger partial charge in [-0.15, -0.1) is 0 Å². The SMILES string of the molecule is CN(C(=O)C1CCOCC1)C1CCCNCC1. The molecule has 1 amide bonds. The summed E-state index contributed by atoms with van der Waals surface area (Å²) in [5.74, 6) is 0.533. The molecular formula is C13H24N2O2. The minimum Gasteiger partial charge on any atom is -0.381 e. The normalized spacial score (nSPS) is 27.5. The first kappa shape index (κ1) is 12.8. The van der Waals surface area contributed by atoms with Crippen LogP contribution in [0.2, 0.25) is 0 Å². The van der Waals surface area contributed by atoms with Crippen molar-refractivity contribution in [2.24, 2.45) is 5.92 Å². The van der Waals surface area contributed by atoms with Crippen LogP contribution in [0.4, 0.5) is 0 Å². The second kappa shape index (κ2) is 6.36. The van der Waals surface area contributed by atoms with E-state index in [1.165, 1.54) is 6.42 Å². The summed E-state index contributed by atoms with van der Waals surface area (Å²) in [5, 5.41) is 3.39. The van der Waals surface area contributed by atoms with Crippen molar-refractivity contribution >= 4 is 5.91 Å². The van der Waals surface area contributed by atoms with E-state index in [1.54, 1.807) is 0 Å². The predicted octanol–water partition coefficient (Wildman–Crippen LogP) is 1.01. The molecule has 2 rings (SSSR count). The Hall–Kier alpha value is -0.610. The fourth-order valence-electron chi connectivity index (χ4n) is 2.80. The van der Waals surface area contributed by atoms with Crippen molar-refractivity contribution in [3.05, 3.63) is 0 Å². The second-order valence-corrected chi connectivity index (χ2v) is 5.17. The lowest BCUT2D eigenvalue weighted by Gasteiger charge is -2.32. The van der Waals surface area contributed by atoms with Gasteiger partial charge in [-0.25, -0.2) is 0 Å². The van der Waals surface area contributed by atoms with E-state index in [4.69, 9.17) is 4.74 Å². The number of rotatable bonds is 2. The Morgan fingerprint density at radius 2 is 1.94 bits per heavy atom. The molecule has 0 aromatic carbocycles. The molecule has 2 aliphatic heterocycles. The number of hydrogen-bond acceptors (Lipinski definition) is 3. The molecule has 2 fully saturated rings. The smallest absolute Gasteiger partial charge is 0.225 e. The van der Waals surface area contributed by atoms with Gasteiger partial charge < -0.3 is 15.0 Å². The number of ether oxygens (including phenoxy) is 1. The molecule has 0 saturated carbocycles. The Kier molecular flexibility index (Phi) is 4.80. The van der Waals surface area contributed by atoms with Crippen LogP contribution < -0.4 is 5.32 Å². The van der Waals surface area contributed by atoms with Gasteiger partial charge in [-0.1, -0.05) is 0 Å². The van der Waals surface area contributed by atoms with Crippen molar-refractivity contribution in [2.75, 3.05) is 33.4 Å². The average molecular weight is 240 g/mol. The number of amides is 1. The van der Waals surface area contributed by atoms with Crippen LogP contribution >= 0.6 is 0 Å². The molecule has 1 N–H and O–H groups in total. The molecule has 0 spiro atoms. The zero-order chi connectivity index (χ0) is 12.1. The molecule has 0 aliphatic carbocycles. The zero-order valence-corrected chi connectivity index (χ0v) is 10.8. The second-order valence-electron chi connectivity index (χ2n) is 5.17. The molecule has 0 aromatic heterocycles. The summed E-state index contributed by atoms with van der Waals surface area (Å²) < 4.78 is 5.31. The number of nitrogens with one attached hydrogen (secondary N) is 1. The summed E-state index contributed by atoms with van der Waals surface area (Å²) in [6.45, 7) is 3.62. The fourth-order valence-corrected chi connectivity index (χ4v) is 2.80. The van der Waals surface area contributed by atoms with Gasteiger partial charge >= 0.3 is 0 Å². The van der Waals surface area contributed by atoms with Crippen molar-refractivity contribution in [2.45, 2.75) is 38.1 Å². The highest BCUT2D eigenvalue weighted by atomic mass is 16.5. The van der Waals surface area contributed by atoms with E-state index in [1.807, 2.05) is 11.9 Å². The summed E-state index contributed by atoms with van der Waals surface area (Å²) in [6.07, 6.45) is 5.20. The molecule has 1 unspecified atom stereocenters. The minimum absolute atomic E-state index is 0.199. The van der Waals surface area contributed by atoms with Crippen LogP contribution in [-0.4, -0.2) is 50.2 Å². The van der Waals surface area contributed by atoms with Crippen LogP contribution in [-0.2, 0) is 9.53 Å². The number of carbonyl (C=O) groups is 1. The van der Waals surface area contributed by atoms with Crippen LogP contribution in [0.15, 0.2) is 0 Å². The average Bonchev–Trinajstić information content (AvgIpc) is 2.67. The van der Waals surface area contributed by atoms with Gasteiger partial charge in [-0.2, -0.15) is 0 Å². The Labute approximate surface area is 104 Å². The summed E-state index contributed by atoms with van der Waals surface area (Å²) in [6, 6.07) is 0.431. The maximum Gasteiger partial charge on any atom is 0.225 e. The molecule has 2 heterocycles. The molecule has 1 atom stereocenters. The highest BCUT2D eigenvalue weighted by Crippen LogP contribution is 2.20. The first-order valence-electron chi connectivity index (χ1n) is 6.84. The summed E-state index contributed by atoms with van der Waals surface area (Å²) >= 11 is 0. The van der Waals surface area contributed by atoms with E-state index in [0.29, 0.717) is 11.9 Å². The van der Waals surface area contributed by atoms with Crippen molar-refractivity contribution in [1.82, 2.24) is 10.2 Å². The molecule has 4 heteroatoms. The molecular weight excluding hydrogens is 216 g/mol. The number of nitrogens with zero attached hydrogens (tertiary/aromatic N) is 1. The summed E-state index contributed by atoms with van der Waals surface area (Å²) in [5.41, 5.74) is 0. The first-order chi connectivity index (χ1) is 8.29. The lowest BCUT2D eigenvalue weighted by molar-refractivity contribution is -0.139. The van der Waals surface area contributed by atoms with E-state index >= 15 is 0 Å². The number of carbonyl (C=O) groups excluding carboxylic acids is 1. The lowest BCUT2D eigenvalue weighted by atomic mass is 9.97. The minimum atomic E-state index is 0.199. The highest BCUT2D eigenvalue weighted by Gasteiger charge is 2.28. The quantitative estimate of drug-likeness (QED) is 0.783. The number of hydrogen-bond donors (Lipinski definition) is 1. The van der Waals surface area contributed by atoms with E-state index in [2.05, 4.69) is 5.32 Å². The van der Waals surface area contributed by atoms with Crippen molar-refractivity contribution in [1.29, 1.82) is 0 Å². The first-order valence-corrected chi connectivity index (χ1v) is 6.84. The Morgan fingerprint density at radius 1 is 1.18 bits per heavy atom. The van der Waals surface area contributed by atoms with E-state index in [-0.39, 0.29) is 5.92 Å². The standard InChI is InChI=1S/C13H24N2O2/c1-15(12-3-2-7-14-8-4-12)13(16)11-5-9-17-10-6-11/h11-12,14H,2-10H2,1H3. The third-order valence-corrected chi connectivity index (χ3v) is 4.01. The Morgan fingerprint density at radius 3 is 2.71 bits per heavy atom. The molecule has 0 aromatic rings. The highest BCUT2D eigenvalue weighted by molar-refractivity contribution is 5.79. The summed E-state index contributed by atoms with van der Waals surface area (Å²) in [7, 11) is 1.98. The maximum absolute atomic E-state index is 12.4. The molecule has 98 valence electrons. The van der Waals surface area contributed by atoms with Crippen LogP contribution in [0.1, 0.15) is 32.1 Å². The third kappa shape index (κ3) is 3.42. The predicted molar refractivity (Wildman–Crippen MR) is 66.8 cm³/mol. The van der Waals surface area contributed by atoms with E-state index < -0.39 is 0 Å². The molecule has 17 heavy (non-hydrogen) atoms. The van der Waals surface area contributed by atoms with Gasteiger partial charge in [0.1, 0.15) is 0 Å². The van der Waals surface area contributed by atoms with E-state index in [0.717, 1.165) is 52.0 Å². The van der Waals surface area contributed by atoms with Gasteiger partial charge in [0.25, 0.3) is 0 Å². The fraction of sp³-hybridized carbons (Fsp3) is 0.923. The van der Waals surface area contributed by atoms with Gasteiger partial charge in [0, 0.05) is 32.2 Å². The van der Waals surface area contributed by atoms with Crippen LogP contribution in [0.5, 0.6) is 0 Å². The van der Waals surface area contributed by atoms with Crippen LogP contribution in [0.3, 0.4) is 0 Å². The van der Waals surface area contributed by atoms with Crippen LogP contribution in [0.25, 0.3) is 0 Å². The Balaban J connectivity index is 1.88. The molecule has 0 bridgehead atoms. The lowest BCUT2D eigenvalue weighted by Crippen LogP contribution is -2.42. The molecule has 2 saturated heterocycles. The molecule has 0 radical (unpaired) electrons. The topological polar surface area (TPSA) is 41.6 Å². The molecule has 4 nitrogen and oxygen atoms in total. The molecule has 2 aliphatic rings.